The topological polar surface area (TPSA) is 48.7 Å². The molecule has 0 unspecified atom stereocenters. The van der Waals surface area contributed by atoms with Crippen LogP contribution in [0.15, 0.2) is 112 Å². The zero-order valence-corrected chi connectivity index (χ0v) is 25.3. The van der Waals surface area contributed by atoms with Gasteiger partial charge in [-0.1, -0.05) is 54.6 Å². The van der Waals surface area contributed by atoms with Crippen LogP contribution in [-0.4, -0.2) is 18.3 Å². The van der Waals surface area contributed by atoms with Gasteiger partial charge in [-0.25, -0.2) is 0 Å². The maximum Gasteiger partial charge on any atom is 0.494 e. The fourth-order valence-corrected chi connectivity index (χ4v) is 7.03. The molecule has 7 aromatic rings. The lowest BCUT2D eigenvalue weighted by molar-refractivity contribution is 0.00578. The standard InChI is InChI=1S/C37H29BO4S/c1-36(2)37(3,4)42-38(41-36)26-14-17-34-29(21-26)28-19-25(13-16-33(28)43-34)23-9-7-8-22(18-23)24-12-15-32-30(20-24)35(39)27-10-5-6-11-31(27)40-32/h5-21H,1-4H3. The van der Waals surface area contributed by atoms with Gasteiger partial charge in [0.05, 0.1) is 22.0 Å². The second-order valence-electron chi connectivity index (χ2n) is 12.4. The molecule has 0 spiro atoms. The third-order valence-electron chi connectivity index (χ3n) is 9.12. The second kappa shape index (κ2) is 9.39. The normalized spacial score (nSPS) is 16.1. The summed E-state index contributed by atoms with van der Waals surface area (Å²) in [5, 5.41) is 3.61. The minimum Gasteiger partial charge on any atom is -0.456 e. The highest BCUT2D eigenvalue weighted by molar-refractivity contribution is 7.25. The van der Waals surface area contributed by atoms with E-state index in [2.05, 4.69) is 88.4 Å². The number of hydrogen-bond acceptors (Lipinski definition) is 5. The first-order chi connectivity index (χ1) is 20.7. The highest BCUT2D eigenvalue weighted by Crippen LogP contribution is 2.39. The fourth-order valence-electron chi connectivity index (χ4n) is 5.96. The Morgan fingerprint density at radius 3 is 1.88 bits per heavy atom. The molecule has 3 heterocycles. The Kier molecular flexibility index (Phi) is 5.76. The molecule has 0 aliphatic carbocycles. The predicted octanol–water partition coefficient (Wildman–Crippen LogP) is 8.95. The van der Waals surface area contributed by atoms with E-state index in [9.17, 15) is 4.79 Å². The summed E-state index contributed by atoms with van der Waals surface area (Å²) in [6.07, 6.45) is 0. The first-order valence-corrected chi connectivity index (χ1v) is 15.4. The van der Waals surface area contributed by atoms with Crippen LogP contribution in [0.5, 0.6) is 0 Å². The molecule has 1 aliphatic heterocycles. The lowest BCUT2D eigenvalue weighted by Gasteiger charge is -2.32. The molecule has 5 aromatic carbocycles. The molecule has 0 radical (unpaired) electrons. The van der Waals surface area contributed by atoms with Gasteiger partial charge < -0.3 is 13.7 Å². The number of fused-ring (bicyclic) bond motifs is 5. The Hall–Kier alpha value is -4.23. The van der Waals surface area contributed by atoms with E-state index in [1.54, 1.807) is 11.3 Å². The molecule has 4 nitrogen and oxygen atoms in total. The third kappa shape index (κ3) is 4.24. The van der Waals surface area contributed by atoms with Crippen molar-refractivity contribution >= 4 is 66.0 Å². The maximum absolute atomic E-state index is 13.3. The first kappa shape index (κ1) is 26.4. The molecular weight excluding hydrogens is 551 g/mol. The number of benzene rings is 5. The van der Waals surface area contributed by atoms with Crippen molar-refractivity contribution in [3.8, 4) is 22.3 Å². The van der Waals surface area contributed by atoms with Crippen LogP contribution in [-0.2, 0) is 9.31 Å². The van der Waals surface area contributed by atoms with Crippen LogP contribution in [0, 0.1) is 0 Å². The molecule has 0 atom stereocenters. The number of para-hydroxylation sites is 1. The van der Waals surface area contributed by atoms with Gasteiger partial charge >= 0.3 is 7.12 Å². The van der Waals surface area contributed by atoms with Crippen molar-refractivity contribution in [3.05, 3.63) is 113 Å². The Balaban J connectivity index is 1.19. The average Bonchev–Trinajstić information content (AvgIpc) is 3.48. The number of thiophene rings is 1. The van der Waals surface area contributed by atoms with E-state index in [1.165, 1.54) is 20.2 Å². The molecule has 0 bridgehead atoms. The number of rotatable bonds is 3. The quantitative estimate of drug-likeness (QED) is 0.155. The monoisotopic (exact) mass is 580 g/mol. The van der Waals surface area contributed by atoms with Gasteiger partial charge in [0.25, 0.3) is 0 Å². The average molecular weight is 581 g/mol. The van der Waals surface area contributed by atoms with Crippen LogP contribution < -0.4 is 10.9 Å². The van der Waals surface area contributed by atoms with Gasteiger partial charge in [0.15, 0.2) is 0 Å². The molecule has 8 rings (SSSR count). The van der Waals surface area contributed by atoms with Crippen molar-refractivity contribution in [2.75, 3.05) is 0 Å². The lowest BCUT2D eigenvalue weighted by atomic mass is 9.78. The summed E-state index contributed by atoms with van der Waals surface area (Å²) in [5.41, 5.74) is 5.74. The summed E-state index contributed by atoms with van der Waals surface area (Å²) in [7, 11) is -0.397. The SMILES string of the molecule is CC1(C)OB(c2ccc3sc4ccc(-c5cccc(-c6ccc7oc8ccccc8c(=O)c7c6)c5)cc4c3c2)OC1(C)C. The highest BCUT2D eigenvalue weighted by Gasteiger charge is 2.51. The molecule has 2 aromatic heterocycles. The van der Waals surface area contributed by atoms with Crippen LogP contribution in [0.25, 0.3) is 64.4 Å². The molecule has 0 amide bonds. The smallest absolute Gasteiger partial charge is 0.456 e. The predicted molar refractivity (Wildman–Crippen MR) is 179 cm³/mol. The Labute approximate surface area is 253 Å². The van der Waals surface area contributed by atoms with E-state index in [4.69, 9.17) is 13.7 Å². The van der Waals surface area contributed by atoms with Gasteiger partial charge in [-0.2, -0.15) is 0 Å². The molecule has 43 heavy (non-hydrogen) atoms. The van der Waals surface area contributed by atoms with Gasteiger partial charge in [-0.05, 0) is 109 Å². The van der Waals surface area contributed by atoms with Crippen LogP contribution in [0.1, 0.15) is 27.7 Å². The van der Waals surface area contributed by atoms with Gasteiger partial charge in [-0.3, -0.25) is 4.79 Å². The van der Waals surface area contributed by atoms with Crippen molar-refractivity contribution in [3.63, 3.8) is 0 Å². The van der Waals surface area contributed by atoms with E-state index >= 15 is 0 Å². The Bertz CT molecular complexity index is 2280. The second-order valence-corrected chi connectivity index (χ2v) is 13.5. The molecule has 1 saturated heterocycles. The largest absolute Gasteiger partial charge is 0.494 e. The molecular formula is C37H29BO4S. The van der Waals surface area contributed by atoms with Crippen molar-refractivity contribution in [2.45, 2.75) is 38.9 Å². The van der Waals surface area contributed by atoms with E-state index in [1.807, 2.05) is 42.5 Å². The van der Waals surface area contributed by atoms with E-state index < -0.39 is 7.12 Å². The molecule has 0 saturated carbocycles. The molecule has 1 fully saturated rings. The summed E-state index contributed by atoms with van der Waals surface area (Å²) >= 11 is 1.80. The zero-order chi connectivity index (χ0) is 29.5. The van der Waals surface area contributed by atoms with Gasteiger partial charge in [-0.15, -0.1) is 11.3 Å². The van der Waals surface area contributed by atoms with Crippen LogP contribution in [0.4, 0.5) is 0 Å². The summed E-state index contributed by atoms with van der Waals surface area (Å²) < 4.78 is 21.2. The van der Waals surface area contributed by atoms with Crippen molar-refractivity contribution in [1.82, 2.24) is 0 Å². The van der Waals surface area contributed by atoms with Gasteiger partial charge in [0, 0.05) is 14.8 Å². The zero-order valence-electron chi connectivity index (χ0n) is 24.4. The Morgan fingerprint density at radius 1 is 0.558 bits per heavy atom. The molecule has 6 heteroatoms. The van der Waals surface area contributed by atoms with Crippen LogP contribution >= 0.6 is 11.3 Å². The molecule has 210 valence electrons. The van der Waals surface area contributed by atoms with E-state index in [0.29, 0.717) is 21.9 Å². The van der Waals surface area contributed by atoms with Gasteiger partial charge in [0.1, 0.15) is 11.2 Å². The van der Waals surface area contributed by atoms with Crippen LogP contribution in [0.3, 0.4) is 0 Å². The third-order valence-corrected chi connectivity index (χ3v) is 10.3. The Morgan fingerprint density at radius 2 is 1.14 bits per heavy atom. The lowest BCUT2D eigenvalue weighted by Crippen LogP contribution is -2.41. The number of hydrogen-bond donors (Lipinski definition) is 0. The minimum absolute atomic E-state index is 0.00968. The van der Waals surface area contributed by atoms with Crippen molar-refractivity contribution in [1.29, 1.82) is 0 Å². The highest BCUT2D eigenvalue weighted by atomic mass is 32.1. The molecule has 0 N–H and O–H groups in total. The maximum atomic E-state index is 13.3. The first-order valence-electron chi connectivity index (χ1n) is 14.6. The summed E-state index contributed by atoms with van der Waals surface area (Å²) in [6.45, 7) is 8.34. The van der Waals surface area contributed by atoms with Crippen molar-refractivity contribution < 1.29 is 13.7 Å². The van der Waals surface area contributed by atoms with E-state index in [-0.39, 0.29) is 16.6 Å². The van der Waals surface area contributed by atoms with Gasteiger partial charge in [0.2, 0.25) is 5.43 Å². The summed E-state index contributed by atoms with van der Waals surface area (Å²) in [4.78, 5) is 13.3. The van der Waals surface area contributed by atoms with Crippen LogP contribution in [0.2, 0.25) is 0 Å². The summed E-state index contributed by atoms with van der Waals surface area (Å²) in [6, 6.07) is 34.9. The minimum atomic E-state index is -0.397. The van der Waals surface area contributed by atoms with E-state index in [0.717, 1.165) is 27.7 Å². The molecule has 1 aliphatic rings. The van der Waals surface area contributed by atoms with Crippen molar-refractivity contribution in [2.24, 2.45) is 0 Å². The fraction of sp³-hybridized carbons (Fsp3) is 0.162. The summed E-state index contributed by atoms with van der Waals surface area (Å²) in [5.74, 6) is 0.